The molecule has 0 spiro atoms. The summed E-state index contributed by atoms with van der Waals surface area (Å²) in [7, 11) is 0. The van der Waals surface area contributed by atoms with Crippen LogP contribution >= 0.6 is 11.8 Å². The Morgan fingerprint density at radius 1 is 0.944 bits per heavy atom. The van der Waals surface area contributed by atoms with Crippen molar-refractivity contribution in [3.05, 3.63) is 89.3 Å². The van der Waals surface area contributed by atoms with E-state index in [1.54, 1.807) is 21.7 Å². The normalized spacial score (nSPS) is 13.8. The molecule has 1 amide bonds. The predicted octanol–water partition coefficient (Wildman–Crippen LogP) is 4.07. The maximum Gasteiger partial charge on any atom is 0.276 e. The Morgan fingerprint density at radius 2 is 1.61 bits per heavy atom. The number of para-hydroxylation sites is 2. The summed E-state index contributed by atoms with van der Waals surface area (Å²) in [5.74, 6) is -0.000528. The summed E-state index contributed by atoms with van der Waals surface area (Å²) < 4.78 is 15.9. The fourth-order valence-electron chi connectivity index (χ4n) is 4.27. The molecule has 2 aromatic heterocycles. The molecule has 184 valence electrons. The fourth-order valence-corrected chi connectivity index (χ4v) is 5.22. The molecule has 0 unspecified atom stereocenters. The average Bonchev–Trinajstić information content (AvgIpc) is 3.31. The summed E-state index contributed by atoms with van der Waals surface area (Å²) in [5, 5.41) is 9.27. The highest BCUT2D eigenvalue weighted by Crippen LogP contribution is 2.25. The van der Waals surface area contributed by atoms with E-state index in [1.165, 1.54) is 17.8 Å². The summed E-state index contributed by atoms with van der Waals surface area (Å²) in [6.45, 7) is 5.89. The van der Waals surface area contributed by atoms with Crippen LogP contribution in [0.4, 0.5) is 10.1 Å². The highest BCUT2D eigenvalue weighted by atomic mass is 32.2. The van der Waals surface area contributed by atoms with E-state index in [1.807, 2.05) is 61.2 Å². The fraction of sp³-hybridized carbons (Fsp3) is 0.269. The second-order valence-corrected chi connectivity index (χ2v) is 9.53. The Bertz CT molecular complexity index is 1350. The number of benzene rings is 2. The summed E-state index contributed by atoms with van der Waals surface area (Å²) >= 11 is 1.45. The van der Waals surface area contributed by atoms with Crippen LogP contribution in [0.15, 0.2) is 65.8 Å². The largest absolute Gasteiger partial charge is 0.366 e. The van der Waals surface area contributed by atoms with Crippen molar-refractivity contribution >= 4 is 23.4 Å². The van der Waals surface area contributed by atoms with Gasteiger partial charge in [-0.2, -0.15) is 0 Å². The van der Waals surface area contributed by atoms with Crippen LogP contribution in [0.25, 0.3) is 5.69 Å². The van der Waals surface area contributed by atoms with E-state index in [2.05, 4.69) is 20.3 Å². The minimum Gasteiger partial charge on any atom is -0.366 e. The molecule has 1 saturated heterocycles. The molecule has 0 radical (unpaired) electrons. The van der Waals surface area contributed by atoms with Crippen molar-refractivity contribution in [1.82, 2.24) is 29.9 Å². The number of halogens is 1. The zero-order valence-electron chi connectivity index (χ0n) is 20.1. The number of anilines is 1. The molecule has 0 atom stereocenters. The van der Waals surface area contributed by atoms with Crippen LogP contribution in [0.5, 0.6) is 0 Å². The average molecular weight is 504 g/mol. The Morgan fingerprint density at radius 3 is 2.31 bits per heavy atom. The molecule has 2 aromatic carbocycles. The molecule has 3 heterocycles. The number of thioether (sulfide) groups is 1. The van der Waals surface area contributed by atoms with Gasteiger partial charge in [0.05, 0.1) is 17.1 Å². The van der Waals surface area contributed by atoms with Crippen molar-refractivity contribution in [2.24, 2.45) is 0 Å². The van der Waals surface area contributed by atoms with Crippen LogP contribution in [-0.2, 0) is 5.75 Å². The van der Waals surface area contributed by atoms with Gasteiger partial charge < -0.3 is 9.80 Å². The molecule has 5 rings (SSSR count). The maximum atomic E-state index is 14.2. The number of aryl methyl sites for hydroxylation is 2. The van der Waals surface area contributed by atoms with Gasteiger partial charge in [0.25, 0.3) is 5.91 Å². The van der Waals surface area contributed by atoms with E-state index in [4.69, 9.17) is 0 Å². The van der Waals surface area contributed by atoms with E-state index in [0.717, 1.165) is 17.1 Å². The van der Waals surface area contributed by atoms with Gasteiger partial charge in [-0.1, -0.05) is 47.3 Å². The number of amides is 1. The van der Waals surface area contributed by atoms with Gasteiger partial charge in [-0.3, -0.25) is 4.79 Å². The Labute approximate surface area is 213 Å². The molecule has 1 aliphatic rings. The summed E-state index contributed by atoms with van der Waals surface area (Å²) in [4.78, 5) is 26.3. The molecule has 0 N–H and O–H groups in total. The predicted molar refractivity (Wildman–Crippen MR) is 137 cm³/mol. The van der Waals surface area contributed by atoms with Crippen molar-refractivity contribution in [2.75, 3.05) is 31.1 Å². The second kappa shape index (κ2) is 10.4. The van der Waals surface area contributed by atoms with Crippen LogP contribution in [-0.4, -0.2) is 61.9 Å². The number of hydrogen-bond acceptors (Lipinski definition) is 7. The van der Waals surface area contributed by atoms with Crippen molar-refractivity contribution in [3.8, 4) is 5.69 Å². The maximum absolute atomic E-state index is 14.2. The molecule has 4 aromatic rings. The van der Waals surface area contributed by atoms with E-state index in [0.29, 0.717) is 54.2 Å². The third-order valence-electron chi connectivity index (χ3n) is 6.03. The van der Waals surface area contributed by atoms with Crippen LogP contribution in [0.1, 0.15) is 27.6 Å². The first kappa shape index (κ1) is 23.9. The zero-order chi connectivity index (χ0) is 25.1. The lowest BCUT2D eigenvalue weighted by Gasteiger charge is -2.36. The minimum absolute atomic E-state index is 0.178. The monoisotopic (exact) mass is 503 g/mol. The third kappa shape index (κ3) is 5.08. The first-order valence-electron chi connectivity index (χ1n) is 11.7. The molecule has 8 nitrogen and oxygen atoms in total. The highest BCUT2D eigenvalue weighted by molar-refractivity contribution is 7.98. The lowest BCUT2D eigenvalue weighted by Crippen LogP contribution is -2.49. The van der Waals surface area contributed by atoms with E-state index < -0.39 is 0 Å². The minimum atomic E-state index is -0.254. The van der Waals surface area contributed by atoms with Gasteiger partial charge in [-0.15, -0.1) is 5.10 Å². The molecule has 10 heteroatoms. The standard InChI is InChI=1S/C26H26FN7OS/c1-18-16-19(2)29-26(28-18)36-17-23-24(30-31-34(23)20-8-4-3-5-9-20)25(35)33-14-12-32(13-15-33)22-11-7-6-10-21(22)27/h3-11,16H,12-15,17H2,1-2H3. The Kier molecular flexibility index (Phi) is 6.95. The molecule has 0 bridgehead atoms. The van der Waals surface area contributed by atoms with Crippen molar-refractivity contribution in [2.45, 2.75) is 24.8 Å². The van der Waals surface area contributed by atoms with Crippen LogP contribution < -0.4 is 4.90 Å². The van der Waals surface area contributed by atoms with Gasteiger partial charge in [0.15, 0.2) is 10.9 Å². The summed E-state index contributed by atoms with van der Waals surface area (Å²) in [5.41, 5.74) is 4.17. The van der Waals surface area contributed by atoms with Gasteiger partial charge >= 0.3 is 0 Å². The van der Waals surface area contributed by atoms with E-state index >= 15 is 0 Å². The van der Waals surface area contributed by atoms with Gasteiger partial charge in [-0.05, 0) is 44.2 Å². The van der Waals surface area contributed by atoms with Gasteiger partial charge in [0.2, 0.25) is 0 Å². The van der Waals surface area contributed by atoms with Crippen LogP contribution in [0.3, 0.4) is 0 Å². The number of aromatic nitrogens is 5. The van der Waals surface area contributed by atoms with Crippen LogP contribution in [0.2, 0.25) is 0 Å². The van der Waals surface area contributed by atoms with Crippen molar-refractivity contribution < 1.29 is 9.18 Å². The second-order valence-electron chi connectivity index (χ2n) is 8.58. The third-order valence-corrected chi connectivity index (χ3v) is 6.88. The summed E-state index contributed by atoms with van der Waals surface area (Å²) in [6, 6.07) is 18.3. The number of piperazine rings is 1. The molecular formula is C26H26FN7OS. The molecular weight excluding hydrogens is 477 g/mol. The lowest BCUT2D eigenvalue weighted by atomic mass is 10.2. The number of nitrogens with zero attached hydrogens (tertiary/aromatic N) is 7. The van der Waals surface area contributed by atoms with Gasteiger partial charge in [0.1, 0.15) is 5.82 Å². The number of hydrogen-bond donors (Lipinski definition) is 0. The number of carbonyl (C=O) groups excluding carboxylic acids is 1. The van der Waals surface area contributed by atoms with Gasteiger partial charge in [0, 0.05) is 43.3 Å². The Hall–Kier alpha value is -3.79. The smallest absolute Gasteiger partial charge is 0.276 e. The molecule has 0 aliphatic carbocycles. The van der Waals surface area contributed by atoms with Crippen LogP contribution in [0, 0.1) is 19.7 Å². The topological polar surface area (TPSA) is 80.0 Å². The summed E-state index contributed by atoms with van der Waals surface area (Å²) in [6.07, 6.45) is 0. The number of carbonyl (C=O) groups is 1. The van der Waals surface area contributed by atoms with Crippen molar-refractivity contribution in [1.29, 1.82) is 0 Å². The van der Waals surface area contributed by atoms with Gasteiger partial charge in [-0.25, -0.2) is 19.0 Å². The van der Waals surface area contributed by atoms with E-state index in [9.17, 15) is 9.18 Å². The molecule has 1 fully saturated rings. The lowest BCUT2D eigenvalue weighted by molar-refractivity contribution is 0.0739. The highest BCUT2D eigenvalue weighted by Gasteiger charge is 2.29. The first-order valence-corrected chi connectivity index (χ1v) is 12.7. The Balaban J connectivity index is 1.38. The SMILES string of the molecule is Cc1cc(C)nc(SCc2c(C(=O)N3CCN(c4ccccc4F)CC3)nnn2-c2ccccc2)n1. The van der Waals surface area contributed by atoms with E-state index in [-0.39, 0.29) is 11.7 Å². The quantitative estimate of drug-likeness (QED) is 0.290. The number of rotatable bonds is 6. The molecule has 1 aliphatic heterocycles. The first-order chi connectivity index (χ1) is 17.5. The molecule has 36 heavy (non-hydrogen) atoms. The van der Waals surface area contributed by atoms with Crippen molar-refractivity contribution in [3.63, 3.8) is 0 Å². The molecule has 0 saturated carbocycles. The zero-order valence-corrected chi connectivity index (χ0v) is 21.0.